The molecule has 2 aromatic rings. The Kier molecular flexibility index (Phi) is 5.15. The van der Waals surface area contributed by atoms with Crippen molar-refractivity contribution in [1.82, 2.24) is 9.97 Å². The SMILES string of the molecule is Fc1cc(N2CCOCC2)c(F)cc1Nc1ncc(C(F)(F)F)c(NC2CC2)n1. The van der Waals surface area contributed by atoms with Crippen LogP contribution in [0.1, 0.15) is 18.4 Å². The molecule has 2 heterocycles. The normalized spacial score (nSPS) is 17.3. The van der Waals surface area contributed by atoms with Gasteiger partial charge in [0, 0.05) is 37.5 Å². The molecule has 0 bridgehead atoms. The molecule has 156 valence electrons. The van der Waals surface area contributed by atoms with Crippen molar-refractivity contribution < 1.29 is 26.7 Å². The standard InChI is InChI=1S/C18H18F5N5O/c19-12-8-15(28-3-5-29-6-4-28)13(20)7-14(12)26-17-24-9-11(18(21,22)23)16(27-17)25-10-1-2-10/h7-10H,1-6H2,(H2,24,25,26,27). The highest BCUT2D eigenvalue weighted by molar-refractivity contribution is 5.62. The summed E-state index contributed by atoms with van der Waals surface area (Å²) in [6, 6.07) is 1.90. The molecule has 0 atom stereocenters. The number of anilines is 4. The average molecular weight is 415 g/mol. The molecule has 2 fully saturated rings. The van der Waals surface area contributed by atoms with Crippen LogP contribution in [0.5, 0.6) is 0 Å². The van der Waals surface area contributed by atoms with Crippen LogP contribution in [0.4, 0.5) is 45.1 Å². The number of nitrogens with zero attached hydrogens (tertiary/aromatic N) is 3. The molecule has 0 unspecified atom stereocenters. The molecule has 2 aliphatic rings. The molecule has 29 heavy (non-hydrogen) atoms. The van der Waals surface area contributed by atoms with Gasteiger partial charge in [-0.2, -0.15) is 18.2 Å². The molecule has 0 spiro atoms. The zero-order chi connectivity index (χ0) is 20.6. The van der Waals surface area contributed by atoms with E-state index < -0.39 is 23.4 Å². The molecular weight excluding hydrogens is 397 g/mol. The summed E-state index contributed by atoms with van der Waals surface area (Å²) < 4.78 is 73.7. The number of ether oxygens (including phenoxy) is 1. The Morgan fingerprint density at radius 2 is 1.79 bits per heavy atom. The van der Waals surface area contributed by atoms with Crippen LogP contribution in [0, 0.1) is 11.6 Å². The van der Waals surface area contributed by atoms with Gasteiger partial charge in [0.2, 0.25) is 5.95 Å². The van der Waals surface area contributed by atoms with Crippen LogP contribution in [0.25, 0.3) is 0 Å². The lowest BCUT2D eigenvalue weighted by Crippen LogP contribution is -2.36. The Hall–Kier alpha value is -2.69. The van der Waals surface area contributed by atoms with Crippen molar-refractivity contribution in [3.05, 3.63) is 35.5 Å². The maximum absolute atomic E-state index is 14.5. The second-order valence-corrected chi connectivity index (χ2v) is 6.88. The molecule has 1 aromatic carbocycles. The van der Waals surface area contributed by atoms with Crippen molar-refractivity contribution in [3.8, 4) is 0 Å². The van der Waals surface area contributed by atoms with Crippen LogP contribution < -0.4 is 15.5 Å². The minimum Gasteiger partial charge on any atom is -0.378 e. The van der Waals surface area contributed by atoms with Crippen LogP contribution in [-0.4, -0.2) is 42.3 Å². The summed E-state index contributed by atoms with van der Waals surface area (Å²) in [4.78, 5) is 9.11. The number of hydrogen-bond acceptors (Lipinski definition) is 6. The predicted molar refractivity (Wildman–Crippen MR) is 96.4 cm³/mol. The van der Waals surface area contributed by atoms with Crippen LogP contribution >= 0.6 is 0 Å². The van der Waals surface area contributed by atoms with Crippen molar-refractivity contribution in [2.45, 2.75) is 25.1 Å². The van der Waals surface area contributed by atoms with E-state index in [1.165, 1.54) is 0 Å². The van der Waals surface area contributed by atoms with Gasteiger partial charge in [0.1, 0.15) is 23.0 Å². The average Bonchev–Trinajstić information content (AvgIpc) is 3.48. The number of rotatable bonds is 5. The minimum absolute atomic E-state index is 0.0826. The Labute approximate surface area is 163 Å². The second-order valence-electron chi connectivity index (χ2n) is 6.88. The highest BCUT2D eigenvalue weighted by Gasteiger charge is 2.37. The highest BCUT2D eigenvalue weighted by atomic mass is 19.4. The number of morpholine rings is 1. The smallest absolute Gasteiger partial charge is 0.378 e. The van der Waals surface area contributed by atoms with E-state index in [0.717, 1.165) is 25.0 Å². The quantitative estimate of drug-likeness (QED) is 0.722. The van der Waals surface area contributed by atoms with Crippen LogP contribution in [0.2, 0.25) is 0 Å². The molecule has 1 saturated carbocycles. The molecule has 11 heteroatoms. The van der Waals surface area contributed by atoms with Gasteiger partial charge >= 0.3 is 6.18 Å². The summed E-state index contributed by atoms with van der Waals surface area (Å²) >= 11 is 0. The third-order valence-electron chi connectivity index (χ3n) is 4.65. The molecular formula is C18H18F5N5O. The number of alkyl halides is 3. The molecule has 2 N–H and O–H groups in total. The molecule has 0 radical (unpaired) electrons. The van der Waals surface area contributed by atoms with Crippen molar-refractivity contribution in [2.24, 2.45) is 0 Å². The first-order chi connectivity index (χ1) is 13.8. The molecule has 6 nitrogen and oxygen atoms in total. The highest BCUT2D eigenvalue weighted by Crippen LogP contribution is 2.36. The summed E-state index contributed by atoms with van der Waals surface area (Å²) in [5, 5.41) is 5.17. The summed E-state index contributed by atoms with van der Waals surface area (Å²) in [5.41, 5.74) is -1.18. The van der Waals surface area contributed by atoms with E-state index >= 15 is 0 Å². The number of benzene rings is 1. The lowest BCUT2D eigenvalue weighted by atomic mass is 10.2. The largest absolute Gasteiger partial charge is 0.421 e. The number of nitrogens with one attached hydrogen (secondary N) is 2. The first-order valence-electron chi connectivity index (χ1n) is 9.11. The summed E-state index contributed by atoms with van der Waals surface area (Å²) in [6.45, 7) is 1.69. The van der Waals surface area contributed by atoms with Crippen LogP contribution in [-0.2, 0) is 10.9 Å². The van der Waals surface area contributed by atoms with Gasteiger partial charge in [-0.1, -0.05) is 0 Å². The minimum atomic E-state index is -4.63. The third-order valence-corrected chi connectivity index (χ3v) is 4.65. The van der Waals surface area contributed by atoms with Gasteiger partial charge in [0.05, 0.1) is 24.6 Å². The fraction of sp³-hybridized carbons (Fsp3) is 0.444. The van der Waals surface area contributed by atoms with E-state index in [4.69, 9.17) is 4.74 Å². The number of halogens is 5. The van der Waals surface area contributed by atoms with Gasteiger partial charge in [0.25, 0.3) is 0 Å². The summed E-state index contributed by atoms with van der Waals surface area (Å²) in [5.74, 6) is -2.09. The van der Waals surface area contributed by atoms with E-state index in [1.54, 1.807) is 4.90 Å². The first-order valence-corrected chi connectivity index (χ1v) is 9.11. The number of hydrogen-bond donors (Lipinski definition) is 2. The summed E-state index contributed by atoms with van der Waals surface area (Å²) in [7, 11) is 0. The molecule has 1 aromatic heterocycles. The Balaban J connectivity index is 1.59. The zero-order valence-electron chi connectivity index (χ0n) is 15.2. The molecule has 4 rings (SSSR count). The Morgan fingerprint density at radius 3 is 2.45 bits per heavy atom. The van der Waals surface area contributed by atoms with Gasteiger partial charge in [-0.05, 0) is 12.8 Å². The Bertz CT molecular complexity index is 897. The monoisotopic (exact) mass is 415 g/mol. The van der Waals surface area contributed by atoms with Crippen LogP contribution in [0.15, 0.2) is 18.3 Å². The third kappa shape index (κ3) is 4.50. The molecule has 1 aliphatic heterocycles. The zero-order valence-corrected chi connectivity index (χ0v) is 15.2. The molecule has 1 saturated heterocycles. The van der Waals surface area contributed by atoms with Crippen LogP contribution in [0.3, 0.4) is 0 Å². The lowest BCUT2D eigenvalue weighted by Gasteiger charge is -2.29. The molecule has 0 amide bonds. The fourth-order valence-corrected chi connectivity index (χ4v) is 2.98. The van der Waals surface area contributed by atoms with Crippen molar-refractivity contribution in [3.63, 3.8) is 0 Å². The van der Waals surface area contributed by atoms with Gasteiger partial charge in [-0.25, -0.2) is 13.8 Å². The van der Waals surface area contributed by atoms with Gasteiger partial charge in [0.15, 0.2) is 0 Å². The first kappa shape index (κ1) is 19.6. The van der Waals surface area contributed by atoms with Crippen molar-refractivity contribution >= 4 is 23.1 Å². The van der Waals surface area contributed by atoms with Gasteiger partial charge in [-0.15, -0.1) is 0 Å². The fourth-order valence-electron chi connectivity index (χ4n) is 2.98. The van der Waals surface area contributed by atoms with Gasteiger partial charge in [-0.3, -0.25) is 0 Å². The topological polar surface area (TPSA) is 62.3 Å². The van der Waals surface area contributed by atoms with E-state index in [2.05, 4.69) is 20.6 Å². The lowest BCUT2D eigenvalue weighted by molar-refractivity contribution is -0.137. The van der Waals surface area contributed by atoms with Crippen molar-refractivity contribution in [2.75, 3.05) is 41.8 Å². The second kappa shape index (κ2) is 7.62. The predicted octanol–water partition coefficient (Wildman–Crippen LogP) is 3.93. The number of aromatic nitrogens is 2. The maximum atomic E-state index is 14.5. The summed E-state index contributed by atoms with van der Waals surface area (Å²) in [6.07, 6.45) is -2.52. The molecule has 1 aliphatic carbocycles. The van der Waals surface area contributed by atoms with E-state index in [0.29, 0.717) is 32.5 Å². The maximum Gasteiger partial charge on any atom is 0.421 e. The van der Waals surface area contributed by atoms with E-state index in [9.17, 15) is 22.0 Å². The van der Waals surface area contributed by atoms with E-state index in [-0.39, 0.29) is 29.2 Å². The van der Waals surface area contributed by atoms with E-state index in [1.807, 2.05) is 0 Å². The Morgan fingerprint density at radius 1 is 1.07 bits per heavy atom. The van der Waals surface area contributed by atoms with Gasteiger partial charge < -0.3 is 20.3 Å². The van der Waals surface area contributed by atoms with Crippen molar-refractivity contribution in [1.29, 1.82) is 0 Å².